The number of rotatable bonds is 2. The second-order valence-corrected chi connectivity index (χ2v) is 5.10. The van der Waals surface area contributed by atoms with Crippen LogP contribution in [0, 0.1) is 13.8 Å². The smallest absolute Gasteiger partial charge is 0.122 e. The molecule has 90 valence electrons. The van der Waals surface area contributed by atoms with Gasteiger partial charge >= 0.3 is 0 Å². The minimum atomic E-state index is 0.463. The van der Waals surface area contributed by atoms with E-state index in [2.05, 4.69) is 44.5 Å². The molecule has 0 aliphatic rings. The molecule has 1 heterocycles. The molecule has 0 saturated heterocycles. The third kappa shape index (κ3) is 2.15. The molecule has 3 nitrogen and oxygen atoms in total. The quantitative estimate of drug-likeness (QED) is 0.925. The number of imidazole rings is 1. The Morgan fingerprint density at radius 2 is 2.06 bits per heavy atom. The van der Waals surface area contributed by atoms with Gasteiger partial charge < -0.3 is 10.3 Å². The maximum Gasteiger partial charge on any atom is 0.122 e. The van der Waals surface area contributed by atoms with Crippen molar-refractivity contribution in [1.82, 2.24) is 9.55 Å². The van der Waals surface area contributed by atoms with Gasteiger partial charge in [0, 0.05) is 17.1 Å². The zero-order valence-corrected chi connectivity index (χ0v) is 11.9. The van der Waals surface area contributed by atoms with E-state index in [1.165, 1.54) is 11.1 Å². The number of aryl methyl sites for hydroxylation is 2. The van der Waals surface area contributed by atoms with Crippen LogP contribution in [0.25, 0.3) is 11.3 Å². The first-order valence-electron chi connectivity index (χ1n) is 5.53. The van der Waals surface area contributed by atoms with E-state index in [0.717, 1.165) is 21.7 Å². The Hall–Kier alpha value is -1.13. The minimum Gasteiger partial charge on any atom is -0.330 e. The predicted molar refractivity (Wildman–Crippen MR) is 73.7 cm³/mol. The summed E-state index contributed by atoms with van der Waals surface area (Å²) in [5.41, 5.74) is 10.3. The lowest BCUT2D eigenvalue weighted by molar-refractivity contribution is 0.798. The van der Waals surface area contributed by atoms with E-state index in [-0.39, 0.29) is 0 Å². The first-order valence-corrected chi connectivity index (χ1v) is 6.32. The summed E-state index contributed by atoms with van der Waals surface area (Å²) in [5, 5.41) is 0. The molecule has 0 spiro atoms. The molecule has 1 aromatic heterocycles. The van der Waals surface area contributed by atoms with Crippen LogP contribution in [-0.4, -0.2) is 9.55 Å². The van der Waals surface area contributed by atoms with Crippen molar-refractivity contribution in [2.45, 2.75) is 20.4 Å². The number of hydrogen-bond donors (Lipinski definition) is 1. The zero-order valence-electron chi connectivity index (χ0n) is 10.3. The van der Waals surface area contributed by atoms with Crippen LogP contribution in [0.2, 0.25) is 0 Å². The standard InChI is InChI=1S/C13H16BrN3/c1-8-4-5-10(14)6-11(8)13-9(2)16-12(7-15)17(13)3/h4-6H,7,15H2,1-3H3. The van der Waals surface area contributed by atoms with Crippen LogP contribution in [0.1, 0.15) is 17.1 Å². The number of benzene rings is 1. The van der Waals surface area contributed by atoms with Crippen molar-refractivity contribution >= 4 is 15.9 Å². The molecule has 0 saturated carbocycles. The van der Waals surface area contributed by atoms with Crippen LogP contribution in [0.5, 0.6) is 0 Å². The summed E-state index contributed by atoms with van der Waals surface area (Å²) in [6, 6.07) is 6.28. The molecule has 2 rings (SSSR count). The number of nitrogens with zero attached hydrogens (tertiary/aromatic N) is 2. The van der Waals surface area contributed by atoms with E-state index in [1.807, 2.05) is 20.0 Å². The molecule has 0 amide bonds. The minimum absolute atomic E-state index is 0.463. The van der Waals surface area contributed by atoms with Crippen molar-refractivity contribution in [3.05, 3.63) is 39.8 Å². The maximum atomic E-state index is 5.69. The van der Waals surface area contributed by atoms with Gasteiger partial charge in [0.15, 0.2) is 0 Å². The summed E-state index contributed by atoms with van der Waals surface area (Å²) in [7, 11) is 2.01. The monoisotopic (exact) mass is 293 g/mol. The molecular formula is C13H16BrN3. The maximum absolute atomic E-state index is 5.69. The average molecular weight is 294 g/mol. The van der Waals surface area contributed by atoms with Gasteiger partial charge in [-0.15, -0.1) is 0 Å². The van der Waals surface area contributed by atoms with E-state index in [9.17, 15) is 0 Å². The molecule has 0 fully saturated rings. The normalized spacial score (nSPS) is 10.9. The van der Waals surface area contributed by atoms with E-state index < -0.39 is 0 Å². The van der Waals surface area contributed by atoms with Crippen LogP contribution in [-0.2, 0) is 13.6 Å². The van der Waals surface area contributed by atoms with Crippen LogP contribution in [0.15, 0.2) is 22.7 Å². The van der Waals surface area contributed by atoms with Crippen LogP contribution in [0.3, 0.4) is 0 Å². The Labute approximate surface area is 110 Å². The van der Waals surface area contributed by atoms with Gasteiger partial charge in [-0.1, -0.05) is 22.0 Å². The highest BCUT2D eigenvalue weighted by molar-refractivity contribution is 9.10. The molecule has 0 bridgehead atoms. The fraction of sp³-hybridized carbons (Fsp3) is 0.308. The molecule has 0 aliphatic carbocycles. The molecule has 2 aromatic rings. The molecule has 17 heavy (non-hydrogen) atoms. The fourth-order valence-electron chi connectivity index (χ4n) is 2.10. The van der Waals surface area contributed by atoms with E-state index >= 15 is 0 Å². The topological polar surface area (TPSA) is 43.8 Å². The molecular weight excluding hydrogens is 278 g/mol. The van der Waals surface area contributed by atoms with Gasteiger partial charge in [-0.2, -0.15) is 0 Å². The van der Waals surface area contributed by atoms with Crippen molar-refractivity contribution in [2.75, 3.05) is 0 Å². The predicted octanol–water partition coefficient (Wildman–Crippen LogP) is 2.93. The molecule has 0 radical (unpaired) electrons. The number of halogens is 1. The second kappa shape index (κ2) is 4.63. The summed E-state index contributed by atoms with van der Waals surface area (Å²) in [5.74, 6) is 0.914. The lowest BCUT2D eigenvalue weighted by Crippen LogP contribution is -2.05. The van der Waals surface area contributed by atoms with Crippen LogP contribution < -0.4 is 5.73 Å². The van der Waals surface area contributed by atoms with Crippen molar-refractivity contribution in [3.63, 3.8) is 0 Å². The summed E-state index contributed by atoms with van der Waals surface area (Å²) in [4.78, 5) is 4.50. The Morgan fingerprint density at radius 1 is 1.35 bits per heavy atom. The largest absolute Gasteiger partial charge is 0.330 e. The van der Waals surface area contributed by atoms with Gasteiger partial charge in [-0.05, 0) is 31.5 Å². The van der Waals surface area contributed by atoms with E-state index in [4.69, 9.17) is 5.73 Å². The Bertz CT molecular complexity index is 558. The van der Waals surface area contributed by atoms with Gasteiger partial charge in [0.1, 0.15) is 5.82 Å². The average Bonchev–Trinajstić information content (AvgIpc) is 2.58. The van der Waals surface area contributed by atoms with Crippen LogP contribution in [0.4, 0.5) is 0 Å². The van der Waals surface area contributed by atoms with E-state index in [0.29, 0.717) is 6.54 Å². The highest BCUT2D eigenvalue weighted by Crippen LogP contribution is 2.29. The highest BCUT2D eigenvalue weighted by atomic mass is 79.9. The number of hydrogen-bond acceptors (Lipinski definition) is 2. The Kier molecular flexibility index (Phi) is 3.35. The zero-order chi connectivity index (χ0) is 12.6. The van der Waals surface area contributed by atoms with Crippen LogP contribution >= 0.6 is 15.9 Å². The summed E-state index contributed by atoms with van der Waals surface area (Å²) in [6.45, 7) is 4.59. The molecule has 0 aliphatic heterocycles. The first-order chi connectivity index (χ1) is 8.04. The molecule has 0 unspecified atom stereocenters. The molecule has 4 heteroatoms. The third-order valence-corrected chi connectivity index (χ3v) is 3.49. The summed E-state index contributed by atoms with van der Waals surface area (Å²) >= 11 is 3.51. The number of nitrogens with two attached hydrogens (primary N) is 1. The van der Waals surface area contributed by atoms with E-state index in [1.54, 1.807) is 0 Å². The van der Waals surface area contributed by atoms with Gasteiger partial charge in [0.2, 0.25) is 0 Å². The summed E-state index contributed by atoms with van der Waals surface area (Å²) < 4.78 is 3.15. The SMILES string of the molecule is Cc1ccc(Br)cc1-c1c(C)nc(CN)n1C. The Morgan fingerprint density at radius 3 is 2.65 bits per heavy atom. The second-order valence-electron chi connectivity index (χ2n) is 4.18. The van der Waals surface area contributed by atoms with Crippen molar-refractivity contribution in [1.29, 1.82) is 0 Å². The Balaban J connectivity index is 2.68. The van der Waals surface area contributed by atoms with Gasteiger partial charge in [0.25, 0.3) is 0 Å². The van der Waals surface area contributed by atoms with Crippen molar-refractivity contribution in [3.8, 4) is 11.3 Å². The number of aromatic nitrogens is 2. The molecule has 2 N–H and O–H groups in total. The lowest BCUT2D eigenvalue weighted by Gasteiger charge is -2.09. The van der Waals surface area contributed by atoms with Gasteiger partial charge in [0.05, 0.1) is 17.9 Å². The molecule has 0 atom stereocenters. The van der Waals surface area contributed by atoms with Crippen molar-refractivity contribution in [2.24, 2.45) is 12.8 Å². The third-order valence-electron chi connectivity index (χ3n) is 3.00. The molecule has 1 aromatic carbocycles. The lowest BCUT2D eigenvalue weighted by atomic mass is 10.0. The summed E-state index contributed by atoms with van der Waals surface area (Å²) in [6.07, 6.45) is 0. The first kappa shape index (κ1) is 12.3. The van der Waals surface area contributed by atoms with Gasteiger partial charge in [-0.25, -0.2) is 4.98 Å². The van der Waals surface area contributed by atoms with Crippen molar-refractivity contribution < 1.29 is 0 Å². The van der Waals surface area contributed by atoms with Gasteiger partial charge in [-0.3, -0.25) is 0 Å². The fourth-order valence-corrected chi connectivity index (χ4v) is 2.46. The highest BCUT2D eigenvalue weighted by Gasteiger charge is 2.14.